The van der Waals surface area contributed by atoms with Crippen molar-refractivity contribution in [3.63, 3.8) is 0 Å². The summed E-state index contributed by atoms with van der Waals surface area (Å²) >= 11 is 1.81. The molecule has 0 aliphatic carbocycles. The third-order valence-electron chi connectivity index (χ3n) is 5.80. The Morgan fingerprint density at radius 3 is 2.48 bits per heavy atom. The second-order valence-corrected chi connectivity index (χ2v) is 8.85. The highest BCUT2D eigenvalue weighted by atomic mass is 32.1. The van der Waals surface area contributed by atoms with Crippen LogP contribution in [-0.4, -0.2) is 30.6 Å². The molecule has 2 aromatic carbocycles. The fourth-order valence-electron chi connectivity index (χ4n) is 4.30. The van der Waals surface area contributed by atoms with Gasteiger partial charge in [-0.3, -0.25) is 0 Å². The molecule has 1 aliphatic rings. The van der Waals surface area contributed by atoms with Gasteiger partial charge in [-0.1, -0.05) is 37.3 Å². The van der Waals surface area contributed by atoms with Gasteiger partial charge in [0.1, 0.15) is 0 Å². The molecule has 1 atom stereocenters. The Labute approximate surface area is 186 Å². The summed E-state index contributed by atoms with van der Waals surface area (Å²) in [4.78, 5) is 29.5. The van der Waals surface area contributed by atoms with Crippen LogP contribution in [-0.2, 0) is 17.6 Å². The summed E-state index contributed by atoms with van der Waals surface area (Å²) in [6.45, 7) is 5.03. The van der Waals surface area contributed by atoms with Crippen LogP contribution in [0.1, 0.15) is 49.8 Å². The number of amides is 2. The first-order chi connectivity index (χ1) is 15.0. The topological polar surface area (TPSA) is 58.6 Å². The number of nitrogens with one attached hydrogen (secondary N) is 1. The number of nitrogens with zero attached hydrogens (tertiary/aromatic N) is 1. The predicted molar refractivity (Wildman–Crippen MR) is 124 cm³/mol. The summed E-state index contributed by atoms with van der Waals surface area (Å²) in [5.74, 6) is -0.398. The van der Waals surface area contributed by atoms with Crippen LogP contribution in [0.5, 0.6) is 0 Å². The van der Waals surface area contributed by atoms with Gasteiger partial charge in [0.25, 0.3) is 0 Å². The number of aryl methyl sites for hydroxylation is 1. The number of hydrogen-bond acceptors (Lipinski definition) is 4. The molecule has 1 aromatic heterocycles. The van der Waals surface area contributed by atoms with Crippen LogP contribution in [0.25, 0.3) is 0 Å². The van der Waals surface area contributed by atoms with E-state index in [1.165, 1.54) is 28.0 Å². The first-order valence-corrected chi connectivity index (χ1v) is 11.3. The van der Waals surface area contributed by atoms with Gasteiger partial charge in [-0.2, -0.15) is 0 Å². The van der Waals surface area contributed by atoms with Crippen molar-refractivity contribution in [2.24, 2.45) is 0 Å². The van der Waals surface area contributed by atoms with Gasteiger partial charge in [-0.25, -0.2) is 9.59 Å². The number of benzene rings is 2. The fraction of sp³-hybridized carbons (Fsp3) is 0.280. The van der Waals surface area contributed by atoms with Crippen molar-refractivity contribution >= 4 is 29.0 Å². The third-order valence-corrected chi connectivity index (χ3v) is 7.04. The highest BCUT2D eigenvalue weighted by Crippen LogP contribution is 2.42. The zero-order valence-corrected chi connectivity index (χ0v) is 18.8. The van der Waals surface area contributed by atoms with Crippen molar-refractivity contribution in [3.05, 3.63) is 86.6 Å². The summed E-state index contributed by atoms with van der Waals surface area (Å²) in [7, 11) is 1.35. The molecular formula is C25H26N2O3S. The highest BCUT2D eigenvalue weighted by molar-refractivity contribution is 7.12. The standard InChI is InChI=1S/C25H26N2O3S/c1-4-20-16(2)31-23-21(20)14-15-27(22(23)17-8-6-5-7-9-17)25(29)26-19-12-10-18(11-13-19)24(28)30-3/h5-13,22H,4,14-15H2,1-3H3,(H,26,29)/t22-/m1/s1. The summed E-state index contributed by atoms with van der Waals surface area (Å²) in [5.41, 5.74) is 5.05. The molecule has 0 bridgehead atoms. The Morgan fingerprint density at radius 2 is 1.84 bits per heavy atom. The number of thiophene rings is 1. The maximum absolute atomic E-state index is 13.3. The molecule has 0 unspecified atom stereocenters. The van der Waals surface area contributed by atoms with Gasteiger partial charge in [0.2, 0.25) is 0 Å². The van der Waals surface area contributed by atoms with E-state index >= 15 is 0 Å². The minimum atomic E-state index is -0.398. The van der Waals surface area contributed by atoms with Crippen LogP contribution in [0.4, 0.5) is 10.5 Å². The quantitative estimate of drug-likeness (QED) is 0.545. The average Bonchev–Trinajstić information content (AvgIpc) is 3.13. The number of hydrogen-bond donors (Lipinski definition) is 1. The molecule has 3 aromatic rings. The SMILES string of the molecule is CCc1c(C)sc2c1CCN(C(=O)Nc1ccc(C(=O)OC)cc1)[C@@H]2c1ccccc1. The van der Waals surface area contributed by atoms with E-state index in [-0.39, 0.29) is 12.1 Å². The van der Waals surface area contributed by atoms with Crippen LogP contribution in [0.2, 0.25) is 0 Å². The molecule has 1 aliphatic heterocycles. The maximum atomic E-state index is 13.3. The first-order valence-electron chi connectivity index (χ1n) is 10.5. The Morgan fingerprint density at radius 1 is 1.13 bits per heavy atom. The highest BCUT2D eigenvalue weighted by Gasteiger charge is 2.35. The van der Waals surface area contributed by atoms with Crippen molar-refractivity contribution in [1.82, 2.24) is 4.90 Å². The number of esters is 1. The van der Waals surface area contributed by atoms with E-state index in [2.05, 4.69) is 31.3 Å². The monoisotopic (exact) mass is 434 g/mol. The van der Waals surface area contributed by atoms with Crippen LogP contribution in [0.15, 0.2) is 54.6 Å². The largest absolute Gasteiger partial charge is 0.465 e. The maximum Gasteiger partial charge on any atom is 0.337 e. The summed E-state index contributed by atoms with van der Waals surface area (Å²) in [6.07, 6.45) is 1.87. The van der Waals surface area contributed by atoms with Gasteiger partial charge < -0.3 is 15.0 Å². The zero-order chi connectivity index (χ0) is 22.0. The normalized spacial score (nSPS) is 15.3. The van der Waals surface area contributed by atoms with Gasteiger partial charge in [0.05, 0.1) is 18.7 Å². The minimum Gasteiger partial charge on any atom is -0.465 e. The Kier molecular flexibility index (Phi) is 6.09. The molecule has 2 amide bonds. The van der Waals surface area contributed by atoms with Crippen molar-refractivity contribution in [1.29, 1.82) is 0 Å². The average molecular weight is 435 g/mol. The van der Waals surface area contributed by atoms with Crippen molar-refractivity contribution in [2.75, 3.05) is 19.0 Å². The smallest absolute Gasteiger partial charge is 0.337 e. The number of carbonyl (C=O) groups is 2. The van der Waals surface area contributed by atoms with E-state index in [9.17, 15) is 9.59 Å². The molecule has 0 fully saturated rings. The molecular weight excluding hydrogens is 408 g/mol. The van der Waals surface area contributed by atoms with Crippen LogP contribution in [0.3, 0.4) is 0 Å². The number of ether oxygens (including phenoxy) is 1. The molecule has 31 heavy (non-hydrogen) atoms. The van der Waals surface area contributed by atoms with E-state index in [4.69, 9.17) is 4.74 Å². The summed E-state index contributed by atoms with van der Waals surface area (Å²) in [5, 5.41) is 3.00. The number of carbonyl (C=O) groups excluding carboxylic acids is 2. The van der Waals surface area contributed by atoms with E-state index < -0.39 is 5.97 Å². The predicted octanol–water partition coefficient (Wildman–Crippen LogP) is 5.59. The van der Waals surface area contributed by atoms with Gasteiger partial charge in [0.15, 0.2) is 0 Å². The van der Waals surface area contributed by atoms with Crippen molar-refractivity contribution in [3.8, 4) is 0 Å². The van der Waals surface area contributed by atoms with E-state index in [1.54, 1.807) is 35.6 Å². The number of rotatable bonds is 4. The van der Waals surface area contributed by atoms with Gasteiger partial charge in [-0.05, 0) is 60.7 Å². The minimum absolute atomic E-state index is 0.108. The van der Waals surface area contributed by atoms with Crippen LogP contribution in [0, 0.1) is 6.92 Å². The number of urea groups is 1. The molecule has 6 heteroatoms. The Bertz CT molecular complexity index is 1090. The Balaban J connectivity index is 1.64. The van der Waals surface area contributed by atoms with Crippen molar-refractivity contribution < 1.29 is 14.3 Å². The van der Waals surface area contributed by atoms with E-state index in [1.807, 2.05) is 23.1 Å². The lowest BCUT2D eigenvalue weighted by Crippen LogP contribution is -2.42. The molecule has 0 saturated heterocycles. The molecule has 2 heterocycles. The number of fused-ring (bicyclic) bond motifs is 1. The lowest BCUT2D eigenvalue weighted by molar-refractivity contribution is 0.0600. The third kappa shape index (κ3) is 4.08. The van der Waals surface area contributed by atoms with Crippen LogP contribution < -0.4 is 5.32 Å². The summed E-state index contributed by atoms with van der Waals surface area (Å²) < 4.78 is 4.74. The number of anilines is 1. The van der Waals surface area contributed by atoms with E-state index in [0.29, 0.717) is 17.8 Å². The molecule has 160 valence electrons. The lowest BCUT2D eigenvalue weighted by atomic mass is 9.92. The lowest BCUT2D eigenvalue weighted by Gasteiger charge is -2.36. The second kappa shape index (κ2) is 8.94. The molecule has 0 radical (unpaired) electrons. The first kappa shape index (κ1) is 21.1. The molecule has 1 N–H and O–H groups in total. The zero-order valence-electron chi connectivity index (χ0n) is 18.0. The fourth-order valence-corrected chi connectivity index (χ4v) is 5.74. The molecule has 0 spiro atoms. The molecule has 5 nitrogen and oxygen atoms in total. The van der Waals surface area contributed by atoms with Gasteiger partial charge in [0, 0.05) is 22.0 Å². The summed E-state index contributed by atoms with van der Waals surface area (Å²) in [6, 6.07) is 16.7. The number of methoxy groups -OCH3 is 1. The van der Waals surface area contributed by atoms with Crippen LogP contribution >= 0.6 is 11.3 Å². The molecule has 0 saturated carbocycles. The van der Waals surface area contributed by atoms with Crippen molar-refractivity contribution in [2.45, 2.75) is 32.7 Å². The van der Waals surface area contributed by atoms with Gasteiger partial charge >= 0.3 is 12.0 Å². The van der Waals surface area contributed by atoms with Gasteiger partial charge in [-0.15, -0.1) is 11.3 Å². The molecule has 4 rings (SSSR count). The second-order valence-electron chi connectivity index (χ2n) is 7.59. The van der Waals surface area contributed by atoms with E-state index in [0.717, 1.165) is 18.4 Å². The Hall–Kier alpha value is -3.12.